The molecule has 1 aromatic heterocycles. The smallest absolute Gasteiger partial charge is 0.267 e. The average Bonchev–Trinajstić information content (AvgIpc) is 2.01. The Balaban J connectivity index is 3.38. The Kier molecular flexibility index (Phi) is 3.17. The van der Waals surface area contributed by atoms with Gasteiger partial charge in [0, 0.05) is 0 Å². The molecule has 2 nitrogen and oxygen atoms in total. The highest BCUT2D eigenvalue weighted by atomic mass is 35.5. The van der Waals surface area contributed by atoms with Gasteiger partial charge in [-0.2, -0.15) is 0 Å². The molecular formula is C7H3Cl2F2NO. The zero-order valence-corrected chi connectivity index (χ0v) is 7.61. The molecule has 0 atom stereocenters. The number of aldehydes is 1. The fourth-order valence-corrected chi connectivity index (χ4v) is 1.36. The zero-order valence-electron chi connectivity index (χ0n) is 6.10. The average molecular weight is 226 g/mol. The van der Waals surface area contributed by atoms with Crippen LogP contribution in [-0.4, -0.2) is 11.3 Å². The number of halogens is 4. The standard InChI is InChI=1S/C7H3Cl2F2NO/c8-3-1-5(9)12-4(2-13)6(3)7(10)11/h1-2,7H. The molecule has 0 saturated carbocycles. The number of nitrogens with zero attached hydrogens (tertiary/aromatic N) is 1. The molecule has 0 fully saturated rings. The van der Waals surface area contributed by atoms with Crippen molar-refractivity contribution in [3.8, 4) is 0 Å². The Morgan fingerprint density at radius 3 is 2.54 bits per heavy atom. The van der Waals surface area contributed by atoms with E-state index in [1.165, 1.54) is 0 Å². The number of pyridine rings is 1. The molecule has 0 spiro atoms. The van der Waals surface area contributed by atoms with E-state index in [-0.39, 0.29) is 16.5 Å². The SMILES string of the molecule is O=Cc1nc(Cl)cc(Cl)c1C(F)F. The lowest BCUT2D eigenvalue weighted by Crippen LogP contribution is -1.98. The third-order valence-electron chi connectivity index (χ3n) is 1.34. The third kappa shape index (κ3) is 2.14. The van der Waals surface area contributed by atoms with E-state index in [4.69, 9.17) is 23.2 Å². The minimum atomic E-state index is -2.84. The summed E-state index contributed by atoms with van der Waals surface area (Å²) in [6.07, 6.45) is -2.64. The first-order valence-corrected chi connectivity index (χ1v) is 3.91. The quantitative estimate of drug-likeness (QED) is 0.572. The molecule has 0 radical (unpaired) electrons. The van der Waals surface area contributed by atoms with Gasteiger partial charge < -0.3 is 0 Å². The van der Waals surface area contributed by atoms with Gasteiger partial charge in [-0.25, -0.2) is 13.8 Å². The van der Waals surface area contributed by atoms with Gasteiger partial charge in [-0.1, -0.05) is 23.2 Å². The van der Waals surface area contributed by atoms with E-state index >= 15 is 0 Å². The summed E-state index contributed by atoms with van der Waals surface area (Å²) in [4.78, 5) is 13.7. The van der Waals surface area contributed by atoms with Crippen molar-refractivity contribution in [1.29, 1.82) is 0 Å². The summed E-state index contributed by atoms with van der Waals surface area (Å²) in [5.74, 6) is 0. The molecule has 70 valence electrons. The van der Waals surface area contributed by atoms with E-state index in [1.807, 2.05) is 0 Å². The molecule has 0 aliphatic carbocycles. The van der Waals surface area contributed by atoms with E-state index in [0.717, 1.165) is 6.07 Å². The van der Waals surface area contributed by atoms with Crippen LogP contribution in [0.2, 0.25) is 10.2 Å². The van der Waals surface area contributed by atoms with Crippen molar-refractivity contribution in [2.24, 2.45) is 0 Å². The molecule has 0 saturated heterocycles. The molecule has 0 bridgehead atoms. The van der Waals surface area contributed by atoms with E-state index in [1.54, 1.807) is 0 Å². The van der Waals surface area contributed by atoms with Crippen molar-refractivity contribution in [3.63, 3.8) is 0 Å². The molecule has 1 heterocycles. The lowest BCUT2D eigenvalue weighted by Gasteiger charge is -2.05. The molecule has 0 unspecified atom stereocenters. The fourth-order valence-electron chi connectivity index (χ4n) is 0.818. The lowest BCUT2D eigenvalue weighted by molar-refractivity contribution is 0.110. The van der Waals surface area contributed by atoms with Crippen molar-refractivity contribution in [2.45, 2.75) is 6.43 Å². The Morgan fingerprint density at radius 2 is 2.08 bits per heavy atom. The van der Waals surface area contributed by atoms with E-state index < -0.39 is 17.7 Å². The van der Waals surface area contributed by atoms with Crippen LogP contribution in [0, 0.1) is 0 Å². The summed E-state index contributed by atoms with van der Waals surface area (Å²) in [6, 6.07) is 1.07. The summed E-state index contributed by atoms with van der Waals surface area (Å²) in [5.41, 5.74) is -1.01. The maximum absolute atomic E-state index is 12.3. The normalized spacial score (nSPS) is 10.5. The third-order valence-corrected chi connectivity index (χ3v) is 1.84. The number of carbonyl (C=O) groups is 1. The molecule has 6 heteroatoms. The predicted octanol–water partition coefficient (Wildman–Crippen LogP) is 3.14. The zero-order chi connectivity index (χ0) is 10.0. The van der Waals surface area contributed by atoms with E-state index in [0.29, 0.717) is 0 Å². The van der Waals surface area contributed by atoms with Gasteiger partial charge in [0.15, 0.2) is 6.29 Å². The fraction of sp³-hybridized carbons (Fsp3) is 0.143. The summed E-state index contributed by atoms with van der Waals surface area (Å²) in [5, 5.41) is -0.339. The minimum Gasteiger partial charge on any atom is -0.296 e. The van der Waals surface area contributed by atoms with Crippen molar-refractivity contribution in [1.82, 2.24) is 4.98 Å². The Bertz CT molecular complexity index is 344. The summed E-state index contributed by atoms with van der Waals surface area (Å²) in [6.45, 7) is 0. The minimum absolute atomic E-state index is 0.0866. The first kappa shape index (κ1) is 10.3. The highest BCUT2D eigenvalue weighted by molar-refractivity contribution is 6.34. The second-order valence-electron chi connectivity index (χ2n) is 2.14. The largest absolute Gasteiger partial charge is 0.296 e. The van der Waals surface area contributed by atoms with Gasteiger partial charge in [-0.3, -0.25) is 4.79 Å². The second-order valence-corrected chi connectivity index (χ2v) is 2.94. The first-order valence-electron chi connectivity index (χ1n) is 3.15. The van der Waals surface area contributed by atoms with E-state index in [2.05, 4.69) is 4.98 Å². The van der Waals surface area contributed by atoms with Crippen LogP contribution in [0.25, 0.3) is 0 Å². The van der Waals surface area contributed by atoms with Crippen LogP contribution >= 0.6 is 23.2 Å². The van der Waals surface area contributed by atoms with Gasteiger partial charge in [0.2, 0.25) is 0 Å². The topological polar surface area (TPSA) is 30.0 Å². The molecule has 0 amide bonds. The van der Waals surface area contributed by atoms with Gasteiger partial charge in [0.05, 0.1) is 10.6 Å². The van der Waals surface area contributed by atoms with Crippen LogP contribution in [0.1, 0.15) is 22.5 Å². The highest BCUT2D eigenvalue weighted by Crippen LogP contribution is 2.30. The predicted molar refractivity (Wildman–Crippen MR) is 44.6 cm³/mol. The second kappa shape index (κ2) is 3.98. The van der Waals surface area contributed by atoms with Gasteiger partial charge in [-0.05, 0) is 6.07 Å². The Morgan fingerprint density at radius 1 is 1.46 bits per heavy atom. The molecule has 0 aliphatic heterocycles. The van der Waals surface area contributed by atoms with Crippen LogP contribution < -0.4 is 0 Å². The van der Waals surface area contributed by atoms with Crippen LogP contribution in [0.4, 0.5) is 8.78 Å². The first-order chi connectivity index (χ1) is 6.06. The Labute approximate surface area is 82.5 Å². The van der Waals surface area contributed by atoms with Crippen LogP contribution in [0.3, 0.4) is 0 Å². The van der Waals surface area contributed by atoms with Gasteiger partial charge in [-0.15, -0.1) is 0 Å². The van der Waals surface area contributed by atoms with E-state index in [9.17, 15) is 13.6 Å². The van der Waals surface area contributed by atoms with Crippen LogP contribution in [-0.2, 0) is 0 Å². The summed E-state index contributed by atoms with van der Waals surface area (Å²) >= 11 is 10.9. The number of rotatable bonds is 2. The lowest BCUT2D eigenvalue weighted by atomic mass is 10.2. The van der Waals surface area contributed by atoms with Crippen molar-refractivity contribution < 1.29 is 13.6 Å². The maximum Gasteiger partial charge on any atom is 0.267 e. The number of hydrogen-bond acceptors (Lipinski definition) is 2. The number of hydrogen-bond donors (Lipinski definition) is 0. The summed E-state index contributed by atoms with van der Waals surface area (Å²) in [7, 11) is 0. The number of alkyl halides is 2. The molecule has 0 N–H and O–H groups in total. The maximum atomic E-state index is 12.3. The molecular weight excluding hydrogens is 223 g/mol. The van der Waals surface area contributed by atoms with Crippen LogP contribution in [0.15, 0.2) is 6.07 Å². The van der Waals surface area contributed by atoms with Gasteiger partial charge >= 0.3 is 0 Å². The molecule has 0 aliphatic rings. The molecule has 0 aromatic carbocycles. The molecule has 13 heavy (non-hydrogen) atoms. The van der Waals surface area contributed by atoms with Crippen molar-refractivity contribution >= 4 is 29.5 Å². The summed E-state index contributed by atoms with van der Waals surface area (Å²) < 4.78 is 24.6. The van der Waals surface area contributed by atoms with Crippen molar-refractivity contribution in [3.05, 3.63) is 27.5 Å². The molecule has 1 rings (SSSR count). The number of carbonyl (C=O) groups excluding carboxylic acids is 1. The Hall–Kier alpha value is -0.740. The van der Waals surface area contributed by atoms with Gasteiger partial charge in [0.1, 0.15) is 10.8 Å². The highest BCUT2D eigenvalue weighted by Gasteiger charge is 2.18. The number of aromatic nitrogens is 1. The van der Waals surface area contributed by atoms with Gasteiger partial charge in [0.25, 0.3) is 6.43 Å². The monoisotopic (exact) mass is 225 g/mol. The molecule has 1 aromatic rings. The van der Waals surface area contributed by atoms with Crippen molar-refractivity contribution in [2.75, 3.05) is 0 Å². The van der Waals surface area contributed by atoms with Crippen LogP contribution in [0.5, 0.6) is 0 Å².